The van der Waals surface area contributed by atoms with Crippen LogP contribution < -0.4 is 4.74 Å². The summed E-state index contributed by atoms with van der Waals surface area (Å²) in [6, 6.07) is 6.65. The minimum absolute atomic E-state index is 0.183. The van der Waals surface area contributed by atoms with Gasteiger partial charge in [0.05, 0.1) is 12.8 Å². The number of hydrogen-bond acceptors (Lipinski definition) is 3. The van der Waals surface area contributed by atoms with Gasteiger partial charge in [0.15, 0.2) is 0 Å². The van der Waals surface area contributed by atoms with E-state index in [9.17, 15) is 13.2 Å². The van der Waals surface area contributed by atoms with Crippen LogP contribution in [0.1, 0.15) is 11.4 Å². The summed E-state index contributed by atoms with van der Waals surface area (Å²) in [6.07, 6.45) is -3.47. The molecule has 0 amide bonds. The van der Waals surface area contributed by atoms with E-state index >= 15 is 0 Å². The smallest absolute Gasteiger partial charge is 0.451 e. The van der Waals surface area contributed by atoms with Gasteiger partial charge in [-0.2, -0.15) is 13.2 Å². The van der Waals surface area contributed by atoms with Crippen molar-refractivity contribution in [1.29, 1.82) is 0 Å². The number of rotatable bonds is 2. The van der Waals surface area contributed by atoms with Crippen LogP contribution in [0.25, 0.3) is 11.3 Å². The minimum atomic E-state index is -4.56. The second-order valence-electron chi connectivity index (χ2n) is 3.97. The Morgan fingerprint density at radius 2 is 1.89 bits per heavy atom. The third kappa shape index (κ3) is 2.83. The Morgan fingerprint density at radius 1 is 1.16 bits per heavy atom. The van der Waals surface area contributed by atoms with Crippen LogP contribution in [0.2, 0.25) is 0 Å². The van der Waals surface area contributed by atoms with Crippen LogP contribution in [0.3, 0.4) is 0 Å². The average Bonchev–Trinajstić information content (AvgIpc) is 2.38. The number of nitrogens with zero attached hydrogens (tertiary/aromatic N) is 2. The molecule has 0 spiro atoms. The standard InChI is InChI=1S/C13H11F3N2O/c1-8-3-4-11(19-2)9(7-8)10-5-6-17-12(18-10)13(14,15)16/h3-7H,1-2H3. The molecular formula is C13H11F3N2O. The van der Waals surface area contributed by atoms with E-state index in [1.807, 2.05) is 13.0 Å². The summed E-state index contributed by atoms with van der Waals surface area (Å²) < 4.78 is 42.9. The molecule has 2 aromatic rings. The van der Waals surface area contributed by atoms with Gasteiger partial charge in [0, 0.05) is 11.8 Å². The van der Waals surface area contributed by atoms with Crippen molar-refractivity contribution in [3.05, 3.63) is 41.9 Å². The Labute approximate surface area is 108 Å². The van der Waals surface area contributed by atoms with E-state index in [0.717, 1.165) is 11.8 Å². The van der Waals surface area contributed by atoms with E-state index in [0.29, 0.717) is 11.3 Å². The largest absolute Gasteiger partial charge is 0.496 e. The number of aromatic nitrogens is 2. The zero-order chi connectivity index (χ0) is 14.0. The molecule has 0 bridgehead atoms. The summed E-state index contributed by atoms with van der Waals surface area (Å²) in [5.74, 6) is -0.689. The lowest BCUT2D eigenvalue weighted by Gasteiger charge is -2.10. The van der Waals surface area contributed by atoms with Crippen molar-refractivity contribution in [3.8, 4) is 17.0 Å². The first-order chi connectivity index (χ1) is 8.91. The molecule has 2 rings (SSSR count). The molecular weight excluding hydrogens is 257 g/mol. The zero-order valence-corrected chi connectivity index (χ0v) is 10.3. The van der Waals surface area contributed by atoms with Crippen LogP contribution >= 0.6 is 0 Å². The van der Waals surface area contributed by atoms with Gasteiger partial charge >= 0.3 is 6.18 Å². The topological polar surface area (TPSA) is 35.0 Å². The number of halogens is 3. The molecule has 19 heavy (non-hydrogen) atoms. The quantitative estimate of drug-likeness (QED) is 0.836. The molecule has 6 heteroatoms. The Balaban J connectivity index is 2.56. The predicted molar refractivity (Wildman–Crippen MR) is 63.8 cm³/mol. The molecule has 1 aromatic carbocycles. The van der Waals surface area contributed by atoms with Crippen molar-refractivity contribution < 1.29 is 17.9 Å². The Morgan fingerprint density at radius 3 is 2.53 bits per heavy atom. The van der Waals surface area contributed by atoms with E-state index in [-0.39, 0.29) is 5.69 Å². The molecule has 1 heterocycles. The van der Waals surface area contributed by atoms with E-state index in [4.69, 9.17) is 4.74 Å². The fourth-order valence-electron chi connectivity index (χ4n) is 1.67. The van der Waals surface area contributed by atoms with Crippen LogP contribution in [-0.2, 0) is 6.18 Å². The third-order valence-corrected chi connectivity index (χ3v) is 2.54. The summed E-state index contributed by atoms with van der Waals surface area (Å²) in [5.41, 5.74) is 1.60. The lowest BCUT2D eigenvalue weighted by Crippen LogP contribution is -2.11. The van der Waals surface area contributed by atoms with Gasteiger partial charge in [-0.05, 0) is 25.1 Å². The lowest BCUT2D eigenvalue weighted by atomic mass is 10.1. The summed E-state index contributed by atoms with van der Waals surface area (Å²) in [4.78, 5) is 6.79. The maximum Gasteiger partial charge on any atom is 0.451 e. The molecule has 0 N–H and O–H groups in total. The fraction of sp³-hybridized carbons (Fsp3) is 0.231. The van der Waals surface area contributed by atoms with Crippen LogP contribution in [0.15, 0.2) is 30.5 Å². The highest BCUT2D eigenvalue weighted by molar-refractivity contribution is 5.67. The number of alkyl halides is 3. The molecule has 100 valence electrons. The minimum Gasteiger partial charge on any atom is -0.496 e. The molecule has 1 aromatic heterocycles. The Kier molecular flexibility index (Phi) is 3.42. The highest BCUT2D eigenvalue weighted by Gasteiger charge is 2.34. The number of methoxy groups -OCH3 is 1. The number of hydrogen-bond donors (Lipinski definition) is 0. The number of aryl methyl sites for hydroxylation is 1. The average molecular weight is 268 g/mol. The van der Waals surface area contributed by atoms with E-state index < -0.39 is 12.0 Å². The van der Waals surface area contributed by atoms with Gasteiger partial charge in [0.1, 0.15) is 5.75 Å². The first-order valence-corrected chi connectivity index (χ1v) is 5.47. The SMILES string of the molecule is COc1ccc(C)cc1-c1ccnc(C(F)(F)F)n1. The van der Waals surface area contributed by atoms with E-state index in [1.165, 1.54) is 13.2 Å². The van der Waals surface area contributed by atoms with Gasteiger partial charge in [-0.1, -0.05) is 11.6 Å². The van der Waals surface area contributed by atoms with Gasteiger partial charge in [0.2, 0.25) is 5.82 Å². The zero-order valence-electron chi connectivity index (χ0n) is 10.3. The lowest BCUT2D eigenvalue weighted by molar-refractivity contribution is -0.144. The number of ether oxygens (including phenoxy) is 1. The molecule has 0 atom stereocenters. The maximum atomic E-state index is 12.6. The van der Waals surface area contributed by atoms with Crippen molar-refractivity contribution in [1.82, 2.24) is 9.97 Å². The van der Waals surface area contributed by atoms with Crippen LogP contribution in [0.4, 0.5) is 13.2 Å². The molecule has 0 saturated heterocycles. The Bertz CT molecular complexity index is 597. The molecule has 0 aliphatic carbocycles. The van der Waals surface area contributed by atoms with Crippen molar-refractivity contribution in [2.24, 2.45) is 0 Å². The second kappa shape index (κ2) is 4.87. The molecule has 0 radical (unpaired) electrons. The van der Waals surface area contributed by atoms with E-state index in [2.05, 4.69) is 9.97 Å². The highest BCUT2D eigenvalue weighted by Crippen LogP contribution is 2.32. The molecule has 3 nitrogen and oxygen atoms in total. The molecule has 0 aliphatic heterocycles. The maximum absolute atomic E-state index is 12.6. The summed E-state index contributed by atoms with van der Waals surface area (Å²) in [6.45, 7) is 1.84. The summed E-state index contributed by atoms with van der Waals surface area (Å²) in [7, 11) is 1.46. The third-order valence-electron chi connectivity index (χ3n) is 2.54. The van der Waals surface area contributed by atoms with Crippen molar-refractivity contribution in [3.63, 3.8) is 0 Å². The van der Waals surface area contributed by atoms with Crippen LogP contribution in [-0.4, -0.2) is 17.1 Å². The van der Waals surface area contributed by atoms with Crippen molar-refractivity contribution in [2.45, 2.75) is 13.1 Å². The van der Waals surface area contributed by atoms with Crippen LogP contribution in [0.5, 0.6) is 5.75 Å². The second-order valence-corrected chi connectivity index (χ2v) is 3.97. The van der Waals surface area contributed by atoms with Gasteiger partial charge < -0.3 is 4.74 Å². The molecule has 0 saturated carbocycles. The van der Waals surface area contributed by atoms with Gasteiger partial charge in [-0.15, -0.1) is 0 Å². The monoisotopic (exact) mass is 268 g/mol. The van der Waals surface area contributed by atoms with Gasteiger partial charge in [-0.3, -0.25) is 0 Å². The van der Waals surface area contributed by atoms with Crippen molar-refractivity contribution in [2.75, 3.05) is 7.11 Å². The first-order valence-electron chi connectivity index (χ1n) is 5.47. The molecule has 0 fully saturated rings. The van der Waals surface area contributed by atoms with E-state index in [1.54, 1.807) is 12.1 Å². The van der Waals surface area contributed by atoms with Crippen LogP contribution in [0, 0.1) is 6.92 Å². The van der Waals surface area contributed by atoms with Gasteiger partial charge in [0.25, 0.3) is 0 Å². The molecule has 0 aliphatic rings. The van der Waals surface area contributed by atoms with Gasteiger partial charge in [-0.25, -0.2) is 9.97 Å². The highest BCUT2D eigenvalue weighted by atomic mass is 19.4. The normalized spacial score (nSPS) is 11.4. The number of benzene rings is 1. The van der Waals surface area contributed by atoms with Crippen molar-refractivity contribution >= 4 is 0 Å². The summed E-state index contributed by atoms with van der Waals surface area (Å²) >= 11 is 0. The summed E-state index contributed by atoms with van der Waals surface area (Å²) in [5, 5.41) is 0. The first kappa shape index (κ1) is 13.3. The Hall–Kier alpha value is -2.11. The fourth-order valence-corrected chi connectivity index (χ4v) is 1.67. The predicted octanol–water partition coefficient (Wildman–Crippen LogP) is 3.48. The molecule has 0 unspecified atom stereocenters.